The van der Waals surface area contributed by atoms with Crippen molar-refractivity contribution >= 4 is 15.5 Å². The van der Waals surface area contributed by atoms with Gasteiger partial charge in [-0.3, -0.25) is 0 Å². The van der Waals surface area contributed by atoms with Crippen LogP contribution in [0.25, 0.3) is 0 Å². The quantitative estimate of drug-likeness (QED) is 0.828. The van der Waals surface area contributed by atoms with Gasteiger partial charge < -0.3 is 10.1 Å². The average Bonchev–Trinajstić information content (AvgIpc) is 2.35. The molecule has 98 valence electrons. The summed E-state index contributed by atoms with van der Waals surface area (Å²) in [5.41, 5.74) is 0.679. The van der Waals surface area contributed by atoms with Crippen LogP contribution in [0.4, 0.5) is 5.69 Å². The minimum atomic E-state index is -3.29. The van der Waals surface area contributed by atoms with Crippen molar-refractivity contribution in [2.24, 2.45) is 0 Å². The zero-order valence-electron chi connectivity index (χ0n) is 10.7. The molecule has 0 saturated heterocycles. The van der Waals surface area contributed by atoms with Gasteiger partial charge in [-0.2, -0.15) is 0 Å². The molecular weight excluding hydrogens is 250 g/mol. The van der Waals surface area contributed by atoms with Gasteiger partial charge in [0.25, 0.3) is 0 Å². The van der Waals surface area contributed by atoms with Gasteiger partial charge in [0, 0.05) is 6.07 Å². The summed E-state index contributed by atoms with van der Waals surface area (Å²) >= 11 is 0. The Hall–Kier alpha value is -1.67. The van der Waals surface area contributed by atoms with Gasteiger partial charge in [-0.25, -0.2) is 8.42 Å². The highest BCUT2D eigenvalue weighted by Crippen LogP contribution is 2.28. The monoisotopic (exact) mass is 267 g/mol. The summed E-state index contributed by atoms with van der Waals surface area (Å²) < 4.78 is 29.2. The number of terminal acetylenes is 1. The molecule has 0 bridgehead atoms. The molecule has 0 amide bonds. The second-order valence-corrected chi connectivity index (χ2v) is 6.52. The molecular formula is C13H17NO3S. The van der Waals surface area contributed by atoms with E-state index in [0.29, 0.717) is 18.0 Å². The largest absolute Gasteiger partial charge is 0.495 e. The third kappa shape index (κ3) is 2.96. The summed E-state index contributed by atoms with van der Waals surface area (Å²) in [6.07, 6.45) is 5.16. The Balaban J connectivity index is 3.18. The normalized spacial score (nSPS) is 11.1. The van der Waals surface area contributed by atoms with Crippen LogP contribution in [-0.4, -0.2) is 27.3 Å². The van der Waals surface area contributed by atoms with E-state index in [4.69, 9.17) is 11.2 Å². The number of ether oxygens (including phenoxy) is 1. The van der Waals surface area contributed by atoms with Crippen LogP contribution in [0.1, 0.15) is 13.8 Å². The van der Waals surface area contributed by atoms with Crippen LogP contribution in [0.15, 0.2) is 23.1 Å². The Labute approximate surface area is 108 Å². The highest BCUT2D eigenvalue weighted by molar-refractivity contribution is 7.92. The van der Waals surface area contributed by atoms with E-state index in [1.54, 1.807) is 26.0 Å². The van der Waals surface area contributed by atoms with Gasteiger partial charge in [0.05, 0.1) is 29.5 Å². The van der Waals surface area contributed by atoms with Crippen LogP contribution in [-0.2, 0) is 9.84 Å². The molecule has 0 fully saturated rings. The van der Waals surface area contributed by atoms with Crippen molar-refractivity contribution in [1.82, 2.24) is 0 Å². The van der Waals surface area contributed by atoms with E-state index in [1.807, 2.05) is 0 Å². The maximum Gasteiger partial charge on any atom is 0.180 e. The number of rotatable bonds is 5. The molecule has 0 aliphatic rings. The third-order valence-corrected chi connectivity index (χ3v) is 4.66. The lowest BCUT2D eigenvalue weighted by molar-refractivity contribution is 0.415. The Morgan fingerprint density at radius 2 is 2.11 bits per heavy atom. The van der Waals surface area contributed by atoms with Crippen molar-refractivity contribution in [3.05, 3.63) is 18.2 Å². The van der Waals surface area contributed by atoms with Crippen LogP contribution in [0.5, 0.6) is 5.75 Å². The summed E-state index contributed by atoms with van der Waals surface area (Å²) in [6, 6.07) is 4.72. The average molecular weight is 267 g/mol. The number of benzene rings is 1. The lowest BCUT2D eigenvalue weighted by Crippen LogP contribution is -2.14. The molecule has 0 aromatic heterocycles. The van der Waals surface area contributed by atoms with E-state index in [9.17, 15) is 8.42 Å². The minimum Gasteiger partial charge on any atom is -0.495 e. The first-order chi connectivity index (χ1) is 8.43. The second-order valence-electron chi connectivity index (χ2n) is 4.01. The molecule has 0 atom stereocenters. The van der Waals surface area contributed by atoms with Crippen LogP contribution in [0.2, 0.25) is 0 Å². The van der Waals surface area contributed by atoms with Crippen LogP contribution >= 0.6 is 0 Å². The van der Waals surface area contributed by atoms with E-state index in [0.717, 1.165) is 0 Å². The van der Waals surface area contributed by atoms with Gasteiger partial charge in [0.15, 0.2) is 9.84 Å². The highest BCUT2D eigenvalue weighted by Gasteiger charge is 2.20. The molecule has 0 aliphatic carbocycles. The Kier molecular flexibility index (Phi) is 4.62. The molecule has 0 spiro atoms. The lowest BCUT2D eigenvalue weighted by Gasteiger charge is -2.13. The number of methoxy groups -OCH3 is 1. The standard InChI is InChI=1S/C13H17NO3S/c1-5-8-14-12-7-6-11(9-13(12)17-4)18(15,16)10(2)3/h1,6-7,9-10,14H,8H2,2-4H3. The molecule has 1 rings (SSSR count). The third-order valence-electron chi connectivity index (χ3n) is 2.50. The summed E-state index contributed by atoms with van der Waals surface area (Å²) in [4.78, 5) is 0.251. The maximum absolute atomic E-state index is 12.0. The van der Waals surface area contributed by atoms with E-state index >= 15 is 0 Å². The van der Waals surface area contributed by atoms with Crippen LogP contribution in [0, 0.1) is 12.3 Å². The highest BCUT2D eigenvalue weighted by atomic mass is 32.2. The maximum atomic E-state index is 12.0. The Morgan fingerprint density at radius 1 is 1.44 bits per heavy atom. The van der Waals surface area contributed by atoms with Crippen molar-refractivity contribution in [2.75, 3.05) is 19.0 Å². The summed E-state index contributed by atoms with van der Waals surface area (Å²) in [5.74, 6) is 2.91. The fraction of sp³-hybridized carbons (Fsp3) is 0.385. The minimum absolute atomic E-state index is 0.251. The van der Waals surface area contributed by atoms with Crippen molar-refractivity contribution in [3.8, 4) is 18.1 Å². The fourth-order valence-electron chi connectivity index (χ4n) is 1.41. The summed E-state index contributed by atoms with van der Waals surface area (Å²) in [7, 11) is -1.81. The van der Waals surface area contributed by atoms with E-state index < -0.39 is 15.1 Å². The van der Waals surface area contributed by atoms with Crippen LogP contribution < -0.4 is 10.1 Å². The number of sulfone groups is 1. The number of hydrogen-bond acceptors (Lipinski definition) is 4. The topological polar surface area (TPSA) is 55.4 Å². The van der Waals surface area contributed by atoms with Gasteiger partial charge in [0.1, 0.15) is 5.75 Å². The van der Waals surface area contributed by atoms with Gasteiger partial charge >= 0.3 is 0 Å². The first-order valence-corrected chi connectivity index (χ1v) is 7.07. The van der Waals surface area contributed by atoms with Crippen molar-refractivity contribution in [2.45, 2.75) is 24.0 Å². The van der Waals surface area contributed by atoms with Gasteiger partial charge in [-0.05, 0) is 26.0 Å². The van der Waals surface area contributed by atoms with E-state index in [-0.39, 0.29) is 4.90 Å². The smallest absolute Gasteiger partial charge is 0.180 e. The zero-order valence-corrected chi connectivity index (χ0v) is 11.5. The molecule has 1 aromatic rings. The van der Waals surface area contributed by atoms with Gasteiger partial charge in [0.2, 0.25) is 0 Å². The molecule has 1 aromatic carbocycles. The van der Waals surface area contributed by atoms with Crippen LogP contribution in [0.3, 0.4) is 0 Å². The predicted molar refractivity (Wildman–Crippen MR) is 72.6 cm³/mol. The molecule has 0 unspecified atom stereocenters. The molecule has 0 radical (unpaired) electrons. The molecule has 1 N–H and O–H groups in total. The van der Waals surface area contributed by atoms with Crippen molar-refractivity contribution in [1.29, 1.82) is 0 Å². The zero-order chi connectivity index (χ0) is 13.8. The number of nitrogens with one attached hydrogen (secondary N) is 1. The molecule has 4 nitrogen and oxygen atoms in total. The van der Waals surface area contributed by atoms with E-state index in [1.165, 1.54) is 13.2 Å². The summed E-state index contributed by atoms with van der Waals surface area (Å²) in [6.45, 7) is 3.64. The fourth-order valence-corrected chi connectivity index (χ4v) is 2.49. The molecule has 5 heteroatoms. The SMILES string of the molecule is C#CCNc1ccc(S(=O)(=O)C(C)C)cc1OC. The Bertz CT molecular complexity index is 556. The molecule has 0 aliphatic heterocycles. The van der Waals surface area contributed by atoms with Gasteiger partial charge in [-0.15, -0.1) is 6.42 Å². The first kappa shape index (κ1) is 14.4. The number of anilines is 1. The predicted octanol–water partition coefficient (Wildman–Crippen LogP) is 1.92. The first-order valence-electron chi connectivity index (χ1n) is 5.52. The molecule has 0 saturated carbocycles. The van der Waals surface area contributed by atoms with E-state index in [2.05, 4.69) is 11.2 Å². The number of hydrogen-bond donors (Lipinski definition) is 1. The van der Waals surface area contributed by atoms with Gasteiger partial charge in [-0.1, -0.05) is 5.92 Å². The van der Waals surface area contributed by atoms with Crippen molar-refractivity contribution in [3.63, 3.8) is 0 Å². The lowest BCUT2D eigenvalue weighted by atomic mass is 10.3. The Morgan fingerprint density at radius 3 is 2.61 bits per heavy atom. The van der Waals surface area contributed by atoms with Crippen molar-refractivity contribution < 1.29 is 13.2 Å². The molecule has 18 heavy (non-hydrogen) atoms. The second kappa shape index (κ2) is 5.78. The molecule has 0 heterocycles. The summed E-state index contributed by atoms with van der Waals surface area (Å²) in [5, 5.41) is 2.50.